The third kappa shape index (κ3) is 3.67. The van der Waals surface area contributed by atoms with Crippen molar-refractivity contribution in [3.63, 3.8) is 0 Å². The first-order valence-corrected chi connectivity index (χ1v) is 8.48. The molecule has 138 valence electrons. The quantitative estimate of drug-likeness (QED) is 0.817. The van der Waals surface area contributed by atoms with E-state index in [1.54, 1.807) is 6.92 Å². The summed E-state index contributed by atoms with van der Waals surface area (Å²) in [6.45, 7) is 13.3. The number of allylic oxidation sites excluding steroid dienone is 1. The van der Waals surface area contributed by atoms with Crippen molar-refractivity contribution in [1.29, 1.82) is 0 Å². The fourth-order valence-corrected chi connectivity index (χ4v) is 3.08. The second-order valence-electron chi connectivity index (χ2n) is 7.67. The number of carboxylic acids is 1. The Labute approximate surface area is 149 Å². The predicted octanol–water partition coefficient (Wildman–Crippen LogP) is 3.91. The van der Waals surface area contributed by atoms with Crippen molar-refractivity contribution in [3.8, 4) is 0 Å². The van der Waals surface area contributed by atoms with Crippen LogP contribution in [0, 0.1) is 13.8 Å². The summed E-state index contributed by atoms with van der Waals surface area (Å²) in [5.74, 6) is -0.858. The van der Waals surface area contributed by atoms with Crippen molar-refractivity contribution in [3.05, 3.63) is 28.7 Å². The molecular weight excluding hydrogens is 324 g/mol. The fourth-order valence-electron chi connectivity index (χ4n) is 3.08. The first-order chi connectivity index (χ1) is 11.4. The largest absolute Gasteiger partial charge is 0.525 e. The molecule has 1 aliphatic heterocycles. The lowest BCUT2D eigenvalue weighted by molar-refractivity contribution is -0.137. The van der Waals surface area contributed by atoms with Crippen LogP contribution in [0.15, 0.2) is 11.9 Å². The molecule has 0 radical (unpaired) electrons. The standard InChI is InChI=1S/C18H27BFNO4/c1-11-10-21(9-8-14(22)23)13(3)15(11)12(2)16(20)19-24-17(4,5)18(6,7)25-19/h10H,8-9H2,1-7H3,(H,22,23). The number of aliphatic carboxylic acids is 1. The van der Waals surface area contributed by atoms with Crippen LogP contribution in [0.1, 0.15) is 57.9 Å². The average molecular weight is 351 g/mol. The molecule has 0 atom stereocenters. The van der Waals surface area contributed by atoms with Crippen LogP contribution < -0.4 is 0 Å². The molecule has 1 N–H and O–H groups in total. The Bertz CT molecular complexity index is 705. The summed E-state index contributed by atoms with van der Waals surface area (Å²) in [7, 11) is -1.04. The third-order valence-electron chi connectivity index (χ3n) is 5.30. The fraction of sp³-hybridized carbons (Fsp3) is 0.611. The van der Waals surface area contributed by atoms with Crippen molar-refractivity contribution in [2.75, 3.05) is 0 Å². The van der Waals surface area contributed by atoms with Crippen LogP contribution in [0.2, 0.25) is 0 Å². The van der Waals surface area contributed by atoms with Gasteiger partial charge in [-0.25, -0.2) is 4.39 Å². The van der Waals surface area contributed by atoms with Gasteiger partial charge in [-0.05, 0) is 59.6 Å². The molecule has 0 bridgehead atoms. The van der Waals surface area contributed by atoms with Gasteiger partial charge in [0.1, 0.15) is 5.73 Å². The number of carbonyl (C=O) groups is 1. The molecule has 5 nitrogen and oxygen atoms in total. The molecule has 0 amide bonds. The summed E-state index contributed by atoms with van der Waals surface area (Å²) in [4.78, 5) is 10.8. The Balaban J connectivity index is 2.35. The van der Waals surface area contributed by atoms with Crippen LogP contribution in [0.25, 0.3) is 5.57 Å². The lowest BCUT2D eigenvalue weighted by Gasteiger charge is -2.32. The molecule has 1 fully saturated rings. The summed E-state index contributed by atoms with van der Waals surface area (Å²) in [6.07, 6.45) is 1.88. The highest BCUT2D eigenvalue weighted by molar-refractivity contribution is 6.55. The van der Waals surface area contributed by atoms with Crippen molar-refractivity contribution >= 4 is 18.7 Å². The van der Waals surface area contributed by atoms with Crippen LogP contribution in [0.5, 0.6) is 0 Å². The summed E-state index contributed by atoms with van der Waals surface area (Å²) < 4.78 is 28.5. The van der Waals surface area contributed by atoms with E-state index in [1.165, 1.54) is 0 Å². The van der Waals surface area contributed by atoms with Gasteiger partial charge in [0, 0.05) is 24.0 Å². The molecule has 25 heavy (non-hydrogen) atoms. The van der Waals surface area contributed by atoms with Crippen molar-refractivity contribution in [1.82, 2.24) is 4.57 Å². The molecule has 0 unspecified atom stereocenters. The van der Waals surface area contributed by atoms with Gasteiger partial charge >= 0.3 is 13.1 Å². The molecule has 2 heterocycles. The number of hydrogen-bond donors (Lipinski definition) is 1. The van der Waals surface area contributed by atoms with Crippen LogP contribution in [-0.4, -0.2) is 34.0 Å². The van der Waals surface area contributed by atoms with Crippen LogP contribution in [0.3, 0.4) is 0 Å². The summed E-state index contributed by atoms with van der Waals surface area (Å²) in [5, 5.41) is 8.87. The lowest BCUT2D eigenvalue weighted by Crippen LogP contribution is -2.41. The van der Waals surface area contributed by atoms with Gasteiger partial charge in [-0.3, -0.25) is 4.79 Å². The Kier molecular flexibility index (Phi) is 5.22. The summed E-state index contributed by atoms with van der Waals surface area (Å²) in [6, 6.07) is 0. The normalized spacial score (nSPS) is 19.9. The maximum Gasteiger partial charge on any atom is 0.525 e. The minimum Gasteiger partial charge on any atom is -0.481 e. The number of aryl methyl sites for hydroxylation is 2. The van der Waals surface area contributed by atoms with Crippen LogP contribution in [-0.2, 0) is 20.6 Å². The number of nitrogens with zero attached hydrogens (tertiary/aromatic N) is 1. The van der Waals surface area contributed by atoms with E-state index in [2.05, 4.69) is 0 Å². The van der Waals surface area contributed by atoms with Crippen LogP contribution >= 0.6 is 0 Å². The Hall–Kier alpha value is -1.60. The van der Waals surface area contributed by atoms with E-state index in [4.69, 9.17) is 14.4 Å². The number of halogens is 1. The van der Waals surface area contributed by atoms with E-state index in [0.717, 1.165) is 16.8 Å². The van der Waals surface area contributed by atoms with E-state index < -0.39 is 30.0 Å². The highest BCUT2D eigenvalue weighted by Crippen LogP contribution is 2.40. The number of carboxylic acid groups (broad SMARTS) is 1. The summed E-state index contributed by atoms with van der Waals surface area (Å²) >= 11 is 0. The van der Waals surface area contributed by atoms with E-state index in [0.29, 0.717) is 12.1 Å². The molecule has 0 spiro atoms. The van der Waals surface area contributed by atoms with Gasteiger partial charge < -0.3 is 19.0 Å². The second-order valence-corrected chi connectivity index (χ2v) is 7.67. The molecule has 0 aromatic carbocycles. The van der Waals surface area contributed by atoms with E-state index in [-0.39, 0.29) is 6.42 Å². The molecule has 0 aliphatic carbocycles. The highest BCUT2D eigenvalue weighted by Gasteiger charge is 2.53. The molecule has 0 saturated carbocycles. The molecule has 1 aliphatic rings. The average Bonchev–Trinajstić information content (AvgIpc) is 2.88. The monoisotopic (exact) mass is 351 g/mol. The van der Waals surface area contributed by atoms with E-state index in [9.17, 15) is 4.79 Å². The topological polar surface area (TPSA) is 60.7 Å². The lowest BCUT2D eigenvalue weighted by atomic mass is 9.82. The van der Waals surface area contributed by atoms with E-state index in [1.807, 2.05) is 52.3 Å². The maximum absolute atomic E-state index is 15.1. The second kappa shape index (κ2) is 6.61. The molecule has 2 rings (SSSR count). The molecule has 1 aromatic heterocycles. The van der Waals surface area contributed by atoms with Crippen molar-refractivity contribution < 1.29 is 23.6 Å². The number of hydrogen-bond acceptors (Lipinski definition) is 3. The first-order valence-electron chi connectivity index (χ1n) is 8.48. The van der Waals surface area contributed by atoms with Crippen molar-refractivity contribution in [2.24, 2.45) is 0 Å². The van der Waals surface area contributed by atoms with Crippen LogP contribution in [0.4, 0.5) is 4.39 Å². The van der Waals surface area contributed by atoms with Crippen molar-refractivity contribution in [2.45, 2.75) is 72.6 Å². The van der Waals surface area contributed by atoms with Gasteiger partial charge in [0.2, 0.25) is 0 Å². The smallest absolute Gasteiger partial charge is 0.481 e. The zero-order valence-electron chi connectivity index (χ0n) is 16.1. The Morgan fingerprint density at radius 2 is 1.76 bits per heavy atom. The zero-order chi connectivity index (χ0) is 19.2. The Morgan fingerprint density at radius 1 is 1.24 bits per heavy atom. The summed E-state index contributed by atoms with van der Waals surface area (Å²) in [5.41, 5.74) is 1.32. The predicted molar refractivity (Wildman–Crippen MR) is 95.9 cm³/mol. The van der Waals surface area contributed by atoms with Gasteiger partial charge in [0.25, 0.3) is 0 Å². The number of rotatable bonds is 5. The first kappa shape index (κ1) is 19.7. The Morgan fingerprint density at radius 3 is 2.24 bits per heavy atom. The van der Waals surface area contributed by atoms with Gasteiger partial charge in [-0.2, -0.15) is 0 Å². The number of aromatic nitrogens is 1. The van der Waals surface area contributed by atoms with E-state index >= 15 is 4.39 Å². The molecule has 1 saturated heterocycles. The molecule has 1 aromatic rings. The minimum atomic E-state index is -1.04. The maximum atomic E-state index is 15.1. The minimum absolute atomic E-state index is 0.0247. The third-order valence-corrected chi connectivity index (χ3v) is 5.30. The van der Waals surface area contributed by atoms with Gasteiger partial charge in [0.05, 0.1) is 17.6 Å². The highest BCUT2D eigenvalue weighted by atomic mass is 19.1. The van der Waals surface area contributed by atoms with Gasteiger partial charge in [0.15, 0.2) is 0 Å². The van der Waals surface area contributed by atoms with Gasteiger partial charge in [-0.1, -0.05) is 0 Å². The molecule has 7 heteroatoms. The molecular formula is C18H27BFNO4. The van der Waals surface area contributed by atoms with Gasteiger partial charge in [-0.15, -0.1) is 0 Å². The zero-order valence-corrected chi connectivity index (χ0v) is 16.1. The SMILES string of the molecule is CC(=C(F)B1OC(C)(C)C(C)(C)O1)c1c(C)cn(CCC(=O)O)c1C.